The fourth-order valence-electron chi connectivity index (χ4n) is 3.69. The summed E-state index contributed by atoms with van der Waals surface area (Å²) < 4.78 is 1.82. The van der Waals surface area contributed by atoms with Crippen LogP contribution in [-0.2, 0) is 6.42 Å². The van der Waals surface area contributed by atoms with E-state index in [1.54, 1.807) is 17.5 Å². The molecule has 1 fully saturated rings. The standard InChI is InChI=1S/C20H21ClN4OS/c1-2-18-17(12-23-25(18)16-7-3-6-15(21)11-16)20(26)24-9-4-5-14(13-24)19-22-8-10-27-19/h3,6-8,10-12,14H,2,4-5,9,13H2,1H3. The van der Waals surface area contributed by atoms with E-state index in [1.807, 2.05) is 52.3 Å². The number of likely N-dealkylation sites (tertiary alicyclic amines) is 1. The van der Waals surface area contributed by atoms with E-state index >= 15 is 0 Å². The van der Waals surface area contributed by atoms with E-state index in [0.29, 0.717) is 16.5 Å². The molecular weight excluding hydrogens is 380 g/mol. The molecule has 27 heavy (non-hydrogen) atoms. The van der Waals surface area contributed by atoms with Gasteiger partial charge in [-0.2, -0.15) is 5.10 Å². The Labute approximate surface area is 167 Å². The fourth-order valence-corrected chi connectivity index (χ4v) is 4.64. The molecule has 1 aromatic carbocycles. The molecule has 1 amide bonds. The highest BCUT2D eigenvalue weighted by Crippen LogP contribution is 2.29. The van der Waals surface area contributed by atoms with Crippen molar-refractivity contribution in [2.75, 3.05) is 13.1 Å². The van der Waals surface area contributed by atoms with Gasteiger partial charge in [0.25, 0.3) is 5.91 Å². The quantitative estimate of drug-likeness (QED) is 0.644. The minimum Gasteiger partial charge on any atom is -0.338 e. The lowest BCUT2D eigenvalue weighted by molar-refractivity contribution is 0.0706. The van der Waals surface area contributed by atoms with Crippen molar-refractivity contribution in [1.29, 1.82) is 0 Å². The number of hydrogen-bond donors (Lipinski definition) is 0. The first kappa shape index (κ1) is 18.2. The van der Waals surface area contributed by atoms with Crippen LogP contribution < -0.4 is 0 Å². The number of nitrogens with zero attached hydrogens (tertiary/aromatic N) is 4. The van der Waals surface area contributed by atoms with Gasteiger partial charge in [-0.1, -0.05) is 24.6 Å². The van der Waals surface area contributed by atoms with Gasteiger partial charge < -0.3 is 4.90 Å². The lowest BCUT2D eigenvalue weighted by Crippen LogP contribution is -2.39. The Morgan fingerprint density at radius 2 is 2.30 bits per heavy atom. The Morgan fingerprint density at radius 3 is 3.04 bits per heavy atom. The molecule has 2 aromatic heterocycles. The Kier molecular flexibility index (Phi) is 5.27. The second-order valence-electron chi connectivity index (χ2n) is 6.71. The lowest BCUT2D eigenvalue weighted by atomic mass is 9.98. The molecule has 3 heterocycles. The molecule has 3 aromatic rings. The molecule has 1 atom stereocenters. The van der Waals surface area contributed by atoms with Crippen LogP contribution in [-0.4, -0.2) is 38.7 Å². The maximum atomic E-state index is 13.2. The number of aromatic nitrogens is 3. The maximum Gasteiger partial charge on any atom is 0.257 e. The van der Waals surface area contributed by atoms with E-state index in [9.17, 15) is 4.79 Å². The summed E-state index contributed by atoms with van der Waals surface area (Å²) in [6.45, 7) is 3.55. The third-order valence-electron chi connectivity index (χ3n) is 5.00. The highest BCUT2D eigenvalue weighted by Gasteiger charge is 2.29. The molecule has 0 radical (unpaired) electrons. The van der Waals surface area contributed by atoms with Gasteiger partial charge in [0.05, 0.1) is 28.1 Å². The molecule has 140 valence electrons. The van der Waals surface area contributed by atoms with Gasteiger partial charge in [0, 0.05) is 35.6 Å². The van der Waals surface area contributed by atoms with E-state index in [4.69, 9.17) is 11.6 Å². The molecule has 4 rings (SSSR count). The summed E-state index contributed by atoms with van der Waals surface area (Å²) >= 11 is 7.80. The largest absolute Gasteiger partial charge is 0.338 e. The average Bonchev–Trinajstić information content (AvgIpc) is 3.37. The van der Waals surface area contributed by atoms with Crippen LogP contribution >= 0.6 is 22.9 Å². The second kappa shape index (κ2) is 7.82. The first-order chi connectivity index (χ1) is 13.2. The Hall–Kier alpha value is -2.18. The third-order valence-corrected chi connectivity index (χ3v) is 6.17. The monoisotopic (exact) mass is 400 g/mol. The van der Waals surface area contributed by atoms with E-state index in [2.05, 4.69) is 10.1 Å². The minimum atomic E-state index is 0.0568. The van der Waals surface area contributed by atoms with Crippen LogP contribution in [0.4, 0.5) is 0 Å². The first-order valence-electron chi connectivity index (χ1n) is 9.19. The van der Waals surface area contributed by atoms with Gasteiger partial charge in [-0.05, 0) is 37.5 Å². The van der Waals surface area contributed by atoms with E-state index in [1.165, 1.54) is 0 Å². The van der Waals surface area contributed by atoms with E-state index < -0.39 is 0 Å². The van der Waals surface area contributed by atoms with Crippen LogP contribution in [0.15, 0.2) is 42.0 Å². The number of carbonyl (C=O) groups is 1. The number of rotatable bonds is 4. The summed E-state index contributed by atoms with van der Waals surface area (Å²) in [5.74, 6) is 0.386. The molecule has 1 aliphatic rings. The Morgan fingerprint density at radius 1 is 1.41 bits per heavy atom. The van der Waals surface area contributed by atoms with E-state index in [-0.39, 0.29) is 5.91 Å². The number of halogens is 1. The van der Waals surface area contributed by atoms with Gasteiger partial charge in [-0.15, -0.1) is 11.3 Å². The van der Waals surface area contributed by atoms with Crippen LogP contribution in [0.25, 0.3) is 5.69 Å². The predicted octanol–water partition coefficient (Wildman–Crippen LogP) is 4.56. The lowest BCUT2D eigenvalue weighted by Gasteiger charge is -2.31. The average molecular weight is 401 g/mol. The van der Waals surface area contributed by atoms with Crippen molar-refractivity contribution in [3.05, 3.63) is 63.3 Å². The molecule has 1 saturated heterocycles. The van der Waals surface area contributed by atoms with Crippen molar-refractivity contribution in [1.82, 2.24) is 19.7 Å². The summed E-state index contributed by atoms with van der Waals surface area (Å²) in [5, 5.41) is 8.26. The highest BCUT2D eigenvalue weighted by molar-refractivity contribution is 7.09. The van der Waals surface area contributed by atoms with Crippen molar-refractivity contribution < 1.29 is 4.79 Å². The highest BCUT2D eigenvalue weighted by atomic mass is 35.5. The van der Waals surface area contributed by atoms with Gasteiger partial charge in [0.2, 0.25) is 0 Å². The summed E-state index contributed by atoms with van der Waals surface area (Å²) in [7, 11) is 0. The Bertz CT molecular complexity index is 937. The molecule has 0 aliphatic carbocycles. The van der Waals surface area contributed by atoms with Crippen molar-refractivity contribution in [3.8, 4) is 5.69 Å². The third kappa shape index (κ3) is 3.64. The summed E-state index contributed by atoms with van der Waals surface area (Å²) in [5.41, 5.74) is 2.47. The zero-order valence-corrected chi connectivity index (χ0v) is 16.7. The second-order valence-corrected chi connectivity index (χ2v) is 8.07. The smallest absolute Gasteiger partial charge is 0.257 e. The zero-order chi connectivity index (χ0) is 18.8. The fraction of sp³-hybridized carbons (Fsp3) is 0.350. The molecule has 0 saturated carbocycles. The molecule has 1 unspecified atom stereocenters. The van der Waals surface area contributed by atoms with Gasteiger partial charge in [-0.3, -0.25) is 4.79 Å². The molecule has 0 spiro atoms. The van der Waals surface area contributed by atoms with Crippen molar-refractivity contribution in [2.45, 2.75) is 32.1 Å². The minimum absolute atomic E-state index is 0.0568. The maximum absolute atomic E-state index is 13.2. The normalized spacial score (nSPS) is 17.3. The zero-order valence-electron chi connectivity index (χ0n) is 15.1. The van der Waals surface area contributed by atoms with Gasteiger partial charge in [0.15, 0.2) is 0 Å². The van der Waals surface area contributed by atoms with Gasteiger partial charge in [0.1, 0.15) is 0 Å². The summed E-state index contributed by atoms with van der Waals surface area (Å²) in [6.07, 6.45) is 6.33. The number of thiazole rings is 1. The number of hydrogen-bond acceptors (Lipinski definition) is 4. The first-order valence-corrected chi connectivity index (χ1v) is 10.4. The SMILES string of the molecule is CCc1c(C(=O)N2CCCC(c3nccs3)C2)cnn1-c1cccc(Cl)c1. The van der Waals surface area contributed by atoms with Crippen molar-refractivity contribution in [3.63, 3.8) is 0 Å². The van der Waals surface area contributed by atoms with Crippen LogP contribution in [0.3, 0.4) is 0 Å². The number of benzene rings is 1. The van der Waals surface area contributed by atoms with Crippen LogP contribution in [0.1, 0.15) is 46.7 Å². The number of amides is 1. The Balaban J connectivity index is 1.60. The van der Waals surface area contributed by atoms with E-state index in [0.717, 1.165) is 48.7 Å². The number of carbonyl (C=O) groups excluding carboxylic acids is 1. The molecular formula is C20H21ClN4OS. The van der Waals surface area contributed by atoms with Crippen LogP contribution in [0.2, 0.25) is 5.02 Å². The van der Waals surface area contributed by atoms with Gasteiger partial charge >= 0.3 is 0 Å². The number of piperidine rings is 1. The molecule has 1 aliphatic heterocycles. The topological polar surface area (TPSA) is 51.0 Å². The van der Waals surface area contributed by atoms with Crippen molar-refractivity contribution >= 4 is 28.8 Å². The molecule has 7 heteroatoms. The summed E-state index contributed by atoms with van der Waals surface area (Å²) in [4.78, 5) is 19.6. The predicted molar refractivity (Wildman–Crippen MR) is 108 cm³/mol. The molecule has 0 bridgehead atoms. The van der Waals surface area contributed by atoms with Crippen LogP contribution in [0, 0.1) is 0 Å². The van der Waals surface area contributed by atoms with Crippen molar-refractivity contribution in [2.24, 2.45) is 0 Å². The van der Waals surface area contributed by atoms with Gasteiger partial charge in [-0.25, -0.2) is 9.67 Å². The van der Waals surface area contributed by atoms with Crippen LogP contribution in [0.5, 0.6) is 0 Å². The molecule has 0 N–H and O–H groups in total. The summed E-state index contributed by atoms with van der Waals surface area (Å²) in [6, 6.07) is 7.54. The molecule has 5 nitrogen and oxygen atoms in total.